The smallest absolute Gasteiger partial charge is 0.341 e. The molecule has 0 amide bonds. The third kappa shape index (κ3) is 2.56. The Morgan fingerprint density at radius 3 is 2.74 bits per heavy atom. The Bertz CT molecular complexity index is 610. The van der Waals surface area contributed by atoms with E-state index >= 15 is 0 Å². The van der Waals surface area contributed by atoms with Crippen LogP contribution in [0.3, 0.4) is 0 Å². The topological polar surface area (TPSA) is 79.7 Å². The van der Waals surface area contributed by atoms with E-state index in [1.54, 1.807) is 12.1 Å². The molecule has 0 aliphatic heterocycles. The van der Waals surface area contributed by atoms with Gasteiger partial charge in [0, 0.05) is 11.8 Å². The highest BCUT2D eigenvalue weighted by Crippen LogP contribution is 2.27. The van der Waals surface area contributed by atoms with Crippen molar-refractivity contribution < 1.29 is 19.7 Å². The van der Waals surface area contributed by atoms with Gasteiger partial charge in [-0.1, -0.05) is 24.3 Å². The Morgan fingerprint density at radius 2 is 2.11 bits per heavy atom. The first kappa shape index (κ1) is 13.0. The van der Waals surface area contributed by atoms with E-state index in [-0.39, 0.29) is 18.1 Å². The zero-order valence-corrected chi connectivity index (χ0v) is 10.3. The second-order valence-corrected chi connectivity index (χ2v) is 3.90. The summed E-state index contributed by atoms with van der Waals surface area (Å²) in [4.78, 5) is 15.1. The molecule has 2 aromatic rings. The first-order valence-corrected chi connectivity index (χ1v) is 5.64. The van der Waals surface area contributed by atoms with Gasteiger partial charge in [0.25, 0.3) is 0 Å². The number of hydrogen-bond donors (Lipinski definition) is 2. The molecule has 0 aliphatic carbocycles. The molecule has 0 spiro atoms. The number of aromatic carboxylic acids is 1. The maximum absolute atomic E-state index is 11.1. The van der Waals surface area contributed by atoms with Gasteiger partial charge in [-0.3, -0.25) is 0 Å². The Kier molecular flexibility index (Phi) is 3.77. The summed E-state index contributed by atoms with van der Waals surface area (Å²) < 4.78 is 4.91. The molecular formula is C14H13NO4. The van der Waals surface area contributed by atoms with Gasteiger partial charge < -0.3 is 14.9 Å². The summed E-state index contributed by atoms with van der Waals surface area (Å²) in [5, 5.41) is 18.4. The predicted molar refractivity (Wildman–Crippen MR) is 69.1 cm³/mol. The third-order valence-corrected chi connectivity index (χ3v) is 2.77. The number of ether oxygens (including phenoxy) is 1. The zero-order valence-electron chi connectivity index (χ0n) is 10.3. The van der Waals surface area contributed by atoms with E-state index in [1.165, 1.54) is 19.4 Å². The zero-order chi connectivity index (χ0) is 13.8. The summed E-state index contributed by atoms with van der Waals surface area (Å²) >= 11 is 0. The van der Waals surface area contributed by atoms with Crippen molar-refractivity contribution in [2.75, 3.05) is 7.11 Å². The van der Waals surface area contributed by atoms with Gasteiger partial charge in [0.2, 0.25) is 5.88 Å². The molecule has 5 heteroatoms. The van der Waals surface area contributed by atoms with E-state index in [0.29, 0.717) is 11.1 Å². The Labute approximate surface area is 110 Å². The molecule has 5 nitrogen and oxygen atoms in total. The summed E-state index contributed by atoms with van der Waals surface area (Å²) in [6.45, 7) is -0.120. The summed E-state index contributed by atoms with van der Waals surface area (Å²) in [6.07, 6.45) is 1.53. The minimum absolute atomic E-state index is 0.00672. The standard InChI is InChI=1S/C14H13NO4/c1-19-13-12(14(17)18)6-10(7-15-13)11-5-3-2-4-9(11)8-16/h2-7,16H,8H2,1H3,(H,17,18). The van der Waals surface area contributed by atoms with Crippen molar-refractivity contribution in [1.82, 2.24) is 4.98 Å². The van der Waals surface area contributed by atoms with Crippen LogP contribution in [-0.4, -0.2) is 28.3 Å². The Hall–Kier alpha value is -2.40. The second kappa shape index (κ2) is 5.49. The van der Waals surface area contributed by atoms with Crippen molar-refractivity contribution in [3.63, 3.8) is 0 Å². The normalized spacial score (nSPS) is 10.2. The largest absolute Gasteiger partial charge is 0.480 e. The number of rotatable bonds is 4. The number of methoxy groups -OCH3 is 1. The number of pyridine rings is 1. The van der Waals surface area contributed by atoms with Crippen LogP contribution in [0.15, 0.2) is 36.5 Å². The highest BCUT2D eigenvalue weighted by molar-refractivity contribution is 5.92. The van der Waals surface area contributed by atoms with Gasteiger partial charge in [-0.05, 0) is 17.2 Å². The maximum atomic E-state index is 11.1. The number of hydrogen-bond acceptors (Lipinski definition) is 4. The number of carboxylic acid groups (broad SMARTS) is 1. The van der Waals surface area contributed by atoms with E-state index in [1.807, 2.05) is 12.1 Å². The fourth-order valence-corrected chi connectivity index (χ4v) is 1.86. The molecule has 1 aromatic heterocycles. The van der Waals surface area contributed by atoms with Crippen LogP contribution in [0.1, 0.15) is 15.9 Å². The summed E-state index contributed by atoms with van der Waals surface area (Å²) in [5.41, 5.74) is 2.09. The van der Waals surface area contributed by atoms with E-state index in [9.17, 15) is 9.90 Å². The minimum atomic E-state index is -1.10. The van der Waals surface area contributed by atoms with Crippen molar-refractivity contribution in [2.45, 2.75) is 6.61 Å². The molecule has 1 heterocycles. The molecule has 1 aromatic carbocycles. The van der Waals surface area contributed by atoms with E-state index in [4.69, 9.17) is 9.84 Å². The van der Waals surface area contributed by atoms with Crippen LogP contribution in [0.25, 0.3) is 11.1 Å². The molecule has 0 bridgehead atoms. The molecule has 0 saturated carbocycles. The molecule has 19 heavy (non-hydrogen) atoms. The molecule has 2 rings (SSSR count). The maximum Gasteiger partial charge on any atom is 0.341 e. The highest BCUT2D eigenvalue weighted by atomic mass is 16.5. The van der Waals surface area contributed by atoms with Gasteiger partial charge in [-0.2, -0.15) is 0 Å². The fraction of sp³-hybridized carbons (Fsp3) is 0.143. The third-order valence-electron chi connectivity index (χ3n) is 2.77. The monoisotopic (exact) mass is 259 g/mol. The molecule has 0 atom stereocenters. The van der Waals surface area contributed by atoms with Crippen molar-refractivity contribution in [2.24, 2.45) is 0 Å². The molecule has 0 fully saturated rings. The highest BCUT2D eigenvalue weighted by Gasteiger charge is 2.14. The van der Waals surface area contributed by atoms with Gasteiger partial charge in [0.15, 0.2) is 0 Å². The number of carboxylic acids is 1. The molecule has 2 N–H and O–H groups in total. The van der Waals surface area contributed by atoms with Gasteiger partial charge in [0.1, 0.15) is 5.56 Å². The molecule has 98 valence electrons. The number of benzene rings is 1. The first-order chi connectivity index (χ1) is 9.17. The quantitative estimate of drug-likeness (QED) is 0.877. The van der Waals surface area contributed by atoms with Crippen LogP contribution in [0.4, 0.5) is 0 Å². The van der Waals surface area contributed by atoms with Crippen molar-refractivity contribution in [1.29, 1.82) is 0 Å². The van der Waals surface area contributed by atoms with Crippen LogP contribution >= 0.6 is 0 Å². The lowest BCUT2D eigenvalue weighted by Gasteiger charge is -2.09. The average Bonchev–Trinajstić information content (AvgIpc) is 2.46. The van der Waals surface area contributed by atoms with Crippen LogP contribution in [0.5, 0.6) is 5.88 Å². The molecule has 0 aliphatic rings. The first-order valence-electron chi connectivity index (χ1n) is 5.64. The van der Waals surface area contributed by atoms with E-state index in [0.717, 1.165) is 5.56 Å². The van der Waals surface area contributed by atoms with Gasteiger partial charge in [-0.25, -0.2) is 9.78 Å². The Morgan fingerprint density at radius 1 is 1.37 bits per heavy atom. The predicted octanol–water partition coefficient (Wildman–Crippen LogP) is 1.95. The van der Waals surface area contributed by atoms with Crippen molar-refractivity contribution in [3.8, 4) is 17.0 Å². The summed E-state index contributed by atoms with van der Waals surface area (Å²) in [5.74, 6) is -1.04. The van der Waals surface area contributed by atoms with Gasteiger partial charge in [0.05, 0.1) is 13.7 Å². The molecule has 0 saturated heterocycles. The number of aromatic nitrogens is 1. The fourth-order valence-electron chi connectivity index (χ4n) is 1.86. The molecular weight excluding hydrogens is 246 g/mol. The van der Waals surface area contributed by atoms with Crippen LogP contribution in [-0.2, 0) is 6.61 Å². The van der Waals surface area contributed by atoms with E-state index < -0.39 is 5.97 Å². The van der Waals surface area contributed by atoms with Crippen LogP contribution in [0, 0.1) is 0 Å². The second-order valence-electron chi connectivity index (χ2n) is 3.90. The minimum Gasteiger partial charge on any atom is -0.480 e. The average molecular weight is 259 g/mol. The van der Waals surface area contributed by atoms with E-state index in [2.05, 4.69) is 4.98 Å². The lowest BCUT2D eigenvalue weighted by atomic mass is 10.0. The summed E-state index contributed by atoms with van der Waals surface area (Å²) in [6, 6.07) is 8.70. The lowest BCUT2D eigenvalue weighted by molar-refractivity contribution is 0.0692. The van der Waals surface area contributed by atoms with Gasteiger partial charge >= 0.3 is 5.97 Å². The van der Waals surface area contributed by atoms with Crippen LogP contribution in [0.2, 0.25) is 0 Å². The molecule has 0 unspecified atom stereocenters. The number of aliphatic hydroxyl groups is 1. The lowest BCUT2D eigenvalue weighted by Crippen LogP contribution is -2.03. The molecule has 0 radical (unpaired) electrons. The number of nitrogens with zero attached hydrogens (tertiary/aromatic N) is 1. The van der Waals surface area contributed by atoms with Crippen molar-refractivity contribution in [3.05, 3.63) is 47.7 Å². The van der Waals surface area contributed by atoms with Crippen LogP contribution < -0.4 is 4.74 Å². The SMILES string of the molecule is COc1ncc(-c2ccccc2CO)cc1C(=O)O. The van der Waals surface area contributed by atoms with Crippen molar-refractivity contribution >= 4 is 5.97 Å². The Balaban J connectivity index is 2.57. The number of carbonyl (C=O) groups is 1. The summed E-state index contributed by atoms with van der Waals surface area (Å²) in [7, 11) is 1.37. The van der Waals surface area contributed by atoms with Gasteiger partial charge in [-0.15, -0.1) is 0 Å². The number of aliphatic hydroxyl groups excluding tert-OH is 1.